The van der Waals surface area contributed by atoms with E-state index < -0.39 is 0 Å². The Morgan fingerprint density at radius 2 is 2.04 bits per heavy atom. The smallest absolute Gasteiger partial charge is 0.318 e. The molecule has 4 nitrogen and oxygen atoms in total. The molecule has 2 aliphatic carbocycles. The molecule has 0 radical (unpaired) electrons. The van der Waals surface area contributed by atoms with Gasteiger partial charge in [0, 0.05) is 24.2 Å². The monoisotopic (exact) mass is 327 g/mol. The molecule has 2 aliphatic rings. The van der Waals surface area contributed by atoms with Crippen LogP contribution in [-0.4, -0.2) is 22.0 Å². The summed E-state index contributed by atoms with van der Waals surface area (Å²) in [6, 6.07) is 10.8. The van der Waals surface area contributed by atoms with E-state index in [2.05, 4.69) is 22.4 Å². The number of rotatable bonds is 6. The van der Waals surface area contributed by atoms with Gasteiger partial charge in [-0.1, -0.05) is 30.3 Å². The van der Waals surface area contributed by atoms with Crippen molar-refractivity contribution in [2.75, 3.05) is 0 Å². The minimum absolute atomic E-state index is 0.0588. The van der Waals surface area contributed by atoms with Crippen LogP contribution in [0.5, 0.6) is 0 Å². The number of nitrogens with zero attached hydrogens (tertiary/aromatic N) is 2. The Balaban J connectivity index is 1.47. The minimum Gasteiger partial charge on any atom is -0.328 e. The first-order chi connectivity index (χ1) is 11.3. The van der Waals surface area contributed by atoms with E-state index in [9.17, 15) is 4.79 Å². The molecule has 5 heteroatoms. The van der Waals surface area contributed by atoms with Gasteiger partial charge in [0.1, 0.15) is 5.01 Å². The maximum Gasteiger partial charge on any atom is 0.318 e. The third-order valence-corrected chi connectivity index (χ3v) is 5.39. The summed E-state index contributed by atoms with van der Waals surface area (Å²) in [5, 5.41) is 6.28. The lowest BCUT2D eigenvalue weighted by atomic mass is 10.2. The van der Waals surface area contributed by atoms with Crippen molar-refractivity contribution in [2.24, 2.45) is 5.92 Å². The van der Waals surface area contributed by atoms with Gasteiger partial charge in [0.15, 0.2) is 0 Å². The number of hydrogen-bond donors (Lipinski definition) is 1. The second-order valence-electron chi connectivity index (χ2n) is 6.48. The number of aromatic nitrogens is 1. The van der Waals surface area contributed by atoms with Gasteiger partial charge in [-0.05, 0) is 37.2 Å². The fourth-order valence-electron chi connectivity index (χ4n) is 2.95. The van der Waals surface area contributed by atoms with Crippen molar-refractivity contribution in [1.29, 1.82) is 0 Å². The highest BCUT2D eigenvalue weighted by molar-refractivity contribution is 7.09. The summed E-state index contributed by atoms with van der Waals surface area (Å²) in [4.78, 5) is 19.3. The molecule has 2 aromatic rings. The lowest BCUT2D eigenvalue weighted by molar-refractivity contribution is 0.186. The molecule has 23 heavy (non-hydrogen) atoms. The standard InChI is InChI=1S/C18H21N3OS/c22-18(20-16(14-6-7-14)17-19-10-11-23-17)21(15-8-9-15)12-13-4-2-1-3-5-13/h1-5,10-11,14-16H,6-9,12H2,(H,20,22). The lowest BCUT2D eigenvalue weighted by Crippen LogP contribution is -2.43. The van der Waals surface area contributed by atoms with Gasteiger partial charge < -0.3 is 10.2 Å². The summed E-state index contributed by atoms with van der Waals surface area (Å²) in [7, 11) is 0. The third kappa shape index (κ3) is 3.55. The Kier molecular flexibility index (Phi) is 4.04. The van der Waals surface area contributed by atoms with Crippen molar-refractivity contribution < 1.29 is 4.79 Å². The zero-order chi connectivity index (χ0) is 15.6. The van der Waals surface area contributed by atoms with Gasteiger partial charge in [0.05, 0.1) is 6.04 Å². The Bertz CT molecular complexity index is 650. The van der Waals surface area contributed by atoms with Crippen LogP contribution in [0.3, 0.4) is 0 Å². The molecule has 2 saturated carbocycles. The van der Waals surface area contributed by atoms with Gasteiger partial charge in [-0.25, -0.2) is 9.78 Å². The number of carbonyl (C=O) groups is 1. The van der Waals surface area contributed by atoms with Crippen LogP contribution in [-0.2, 0) is 6.54 Å². The number of nitrogens with one attached hydrogen (secondary N) is 1. The first kappa shape index (κ1) is 14.7. The van der Waals surface area contributed by atoms with Crippen LogP contribution < -0.4 is 5.32 Å². The van der Waals surface area contributed by atoms with Crippen LogP contribution in [0.25, 0.3) is 0 Å². The largest absolute Gasteiger partial charge is 0.328 e. The molecule has 1 atom stereocenters. The summed E-state index contributed by atoms with van der Waals surface area (Å²) in [6.45, 7) is 0.687. The van der Waals surface area contributed by atoms with Crippen LogP contribution in [0.2, 0.25) is 0 Å². The summed E-state index contributed by atoms with van der Waals surface area (Å²) < 4.78 is 0. The summed E-state index contributed by atoms with van der Waals surface area (Å²) >= 11 is 1.64. The Morgan fingerprint density at radius 3 is 2.65 bits per heavy atom. The summed E-state index contributed by atoms with van der Waals surface area (Å²) in [5.74, 6) is 0.558. The van der Waals surface area contributed by atoms with Gasteiger partial charge in [0.2, 0.25) is 0 Å². The quantitative estimate of drug-likeness (QED) is 0.872. The average molecular weight is 327 g/mol. The molecule has 1 aromatic heterocycles. The van der Waals surface area contributed by atoms with Gasteiger partial charge in [0.25, 0.3) is 0 Å². The van der Waals surface area contributed by atoms with E-state index in [1.807, 2.05) is 34.7 Å². The number of hydrogen-bond acceptors (Lipinski definition) is 3. The highest BCUT2D eigenvalue weighted by Crippen LogP contribution is 2.42. The van der Waals surface area contributed by atoms with Gasteiger partial charge >= 0.3 is 6.03 Å². The second-order valence-corrected chi connectivity index (χ2v) is 7.41. The summed E-state index contributed by atoms with van der Waals surface area (Å²) in [6.07, 6.45) is 6.43. The van der Waals surface area contributed by atoms with Crippen molar-refractivity contribution in [3.63, 3.8) is 0 Å². The number of urea groups is 1. The highest BCUT2D eigenvalue weighted by atomic mass is 32.1. The number of amides is 2. The normalized spacial score (nSPS) is 18.4. The van der Waals surface area contributed by atoms with E-state index in [1.54, 1.807) is 11.3 Å². The molecule has 4 rings (SSSR count). The van der Waals surface area contributed by atoms with E-state index in [-0.39, 0.29) is 12.1 Å². The first-order valence-corrected chi connectivity index (χ1v) is 9.19. The molecule has 1 aromatic carbocycles. The zero-order valence-corrected chi connectivity index (χ0v) is 13.8. The SMILES string of the molecule is O=C(NC(c1nccs1)C1CC1)N(Cc1ccccc1)C1CC1. The number of thiazole rings is 1. The van der Waals surface area contributed by atoms with Crippen molar-refractivity contribution in [3.05, 3.63) is 52.5 Å². The van der Waals surface area contributed by atoms with Crippen LogP contribution in [0.1, 0.15) is 42.3 Å². The first-order valence-electron chi connectivity index (χ1n) is 8.32. The van der Waals surface area contributed by atoms with E-state index in [0.29, 0.717) is 18.5 Å². The van der Waals surface area contributed by atoms with E-state index in [1.165, 1.54) is 18.4 Å². The minimum atomic E-state index is 0.0588. The summed E-state index contributed by atoms with van der Waals surface area (Å²) in [5.41, 5.74) is 1.19. The molecule has 1 N–H and O–H groups in total. The van der Waals surface area contributed by atoms with Crippen LogP contribution in [0.15, 0.2) is 41.9 Å². The van der Waals surface area contributed by atoms with Gasteiger partial charge in [-0.15, -0.1) is 11.3 Å². The lowest BCUT2D eigenvalue weighted by Gasteiger charge is -2.26. The second kappa shape index (κ2) is 6.32. The van der Waals surface area contributed by atoms with E-state index >= 15 is 0 Å². The van der Waals surface area contributed by atoms with Crippen LogP contribution in [0.4, 0.5) is 4.79 Å². The molecule has 120 valence electrons. The fourth-order valence-corrected chi connectivity index (χ4v) is 3.73. The van der Waals surface area contributed by atoms with Crippen molar-refractivity contribution in [3.8, 4) is 0 Å². The van der Waals surface area contributed by atoms with Gasteiger partial charge in [-0.2, -0.15) is 0 Å². The van der Waals surface area contributed by atoms with E-state index in [4.69, 9.17) is 0 Å². The van der Waals surface area contributed by atoms with Crippen molar-refractivity contribution in [1.82, 2.24) is 15.2 Å². The van der Waals surface area contributed by atoms with Crippen molar-refractivity contribution in [2.45, 2.75) is 44.3 Å². The molecule has 0 spiro atoms. The average Bonchev–Trinajstić information content (AvgIpc) is 3.50. The predicted molar refractivity (Wildman–Crippen MR) is 91.1 cm³/mol. The molecule has 2 amide bonds. The maximum atomic E-state index is 12.9. The Morgan fingerprint density at radius 1 is 1.26 bits per heavy atom. The third-order valence-electron chi connectivity index (χ3n) is 4.53. The van der Waals surface area contributed by atoms with E-state index in [0.717, 1.165) is 17.8 Å². The highest BCUT2D eigenvalue weighted by Gasteiger charge is 2.38. The number of carbonyl (C=O) groups excluding carboxylic acids is 1. The van der Waals surface area contributed by atoms with Crippen LogP contribution in [0, 0.1) is 5.92 Å². The predicted octanol–water partition coefficient (Wildman–Crippen LogP) is 3.97. The molecular weight excluding hydrogens is 306 g/mol. The van der Waals surface area contributed by atoms with Crippen molar-refractivity contribution >= 4 is 17.4 Å². The Labute approximate surface area is 140 Å². The molecule has 1 unspecified atom stereocenters. The fraction of sp³-hybridized carbons (Fsp3) is 0.444. The maximum absolute atomic E-state index is 12.9. The molecule has 1 heterocycles. The molecular formula is C18H21N3OS. The topological polar surface area (TPSA) is 45.2 Å². The Hall–Kier alpha value is -1.88. The molecule has 0 bridgehead atoms. The molecule has 0 aliphatic heterocycles. The zero-order valence-electron chi connectivity index (χ0n) is 13.0. The molecule has 0 saturated heterocycles. The molecule has 2 fully saturated rings. The number of benzene rings is 1. The van der Waals surface area contributed by atoms with Crippen LogP contribution >= 0.6 is 11.3 Å². The van der Waals surface area contributed by atoms with Gasteiger partial charge in [-0.3, -0.25) is 0 Å².